The van der Waals surface area contributed by atoms with Crippen molar-refractivity contribution in [2.45, 2.75) is 26.8 Å². The smallest absolute Gasteiger partial charge is 0.127 e. The summed E-state index contributed by atoms with van der Waals surface area (Å²) in [6, 6.07) is 14.5. The maximum absolute atomic E-state index is 5.91. The first-order valence-corrected chi connectivity index (χ1v) is 6.74. The predicted octanol–water partition coefficient (Wildman–Crippen LogP) is 4.07. The Bertz CT molecular complexity index is 549. The van der Waals surface area contributed by atoms with Crippen LogP contribution in [0, 0.1) is 6.92 Å². The summed E-state index contributed by atoms with van der Waals surface area (Å²) in [5.41, 5.74) is 3.84. The topological polar surface area (TPSA) is 21.3 Å². The van der Waals surface area contributed by atoms with E-state index in [4.69, 9.17) is 4.74 Å². The van der Waals surface area contributed by atoms with Crippen molar-refractivity contribution < 1.29 is 4.74 Å². The molecule has 0 saturated carbocycles. The van der Waals surface area contributed by atoms with E-state index in [1.165, 1.54) is 16.7 Å². The lowest BCUT2D eigenvalue weighted by molar-refractivity contribution is 0.481. The van der Waals surface area contributed by atoms with Crippen LogP contribution in [0.25, 0.3) is 0 Å². The molecule has 0 aliphatic carbocycles. The van der Waals surface area contributed by atoms with Crippen LogP contribution < -0.4 is 10.1 Å². The molecule has 0 aliphatic rings. The van der Waals surface area contributed by atoms with Crippen molar-refractivity contribution in [3.8, 4) is 11.5 Å². The number of hydrogen-bond acceptors (Lipinski definition) is 2. The number of hydrogen-bond donors (Lipinski definition) is 1. The summed E-state index contributed by atoms with van der Waals surface area (Å²) in [4.78, 5) is 0. The van der Waals surface area contributed by atoms with Crippen LogP contribution >= 0.6 is 0 Å². The van der Waals surface area contributed by atoms with E-state index in [0.717, 1.165) is 24.5 Å². The molecular weight excluding hydrogens is 234 g/mol. The highest BCUT2D eigenvalue weighted by molar-refractivity contribution is 5.38. The predicted molar refractivity (Wildman–Crippen MR) is 79.8 cm³/mol. The van der Waals surface area contributed by atoms with E-state index in [1.807, 2.05) is 25.2 Å². The largest absolute Gasteiger partial charge is 0.457 e. The van der Waals surface area contributed by atoms with Gasteiger partial charge in [0.2, 0.25) is 0 Å². The van der Waals surface area contributed by atoms with Crippen LogP contribution in [0.2, 0.25) is 0 Å². The van der Waals surface area contributed by atoms with Gasteiger partial charge in [0.05, 0.1) is 0 Å². The number of benzene rings is 2. The summed E-state index contributed by atoms with van der Waals surface area (Å²) in [7, 11) is 1.96. The lowest BCUT2D eigenvalue weighted by Gasteiger charge is -2.10. The van der Waals surface area contributed by atoms with Gasteiger partial charge in [0, 0.05) is 6.54 Å². The fourth-order valence-corrected chi connectivity index (χ4v) is 2.09. The van der Waals surface area contributed by atoms with E-state index in [9.17, 15) is 0 Å². The molecule has 0 heterocycles. The highest BCUT2D eigenvalue weighted by atomic mass is 16.5. The molecule has 2 rings (SSSR count). The van der Waals surface area contributed by atoms with E-state index in [0.29, 0.717) is 0 Å². The highest BCUT2D eigenvalue weighted by Gasteiger charge is 2.02. The lowest BCUT2D eigenvalue weighted by atomic mass is 10.1. The second kappa shape index (κ2) is 6.39. The van der Waals surface area contributed by atoms with Gasteiger partial charge in [-0.1, -0.05) is 25.1 Å². The van der Waals surface area contributed by atoms with Crippen LogP contribution in [0.5, 0.6) is 11.5 Å². The molecule has 2 heteroatoms. The fraction of sp³-hybridized carbons (Fsp3) is 0.294. The lowest BCUT2D eigenvalue weighted by Crippen LogP contribution is -2.06. The minimum atomic E-state index is 0.886. The van der Waals surface area contributed by atoms with Gasteiger partial charge in [0.25, 0.3) is 0 Å². The van der Waals surface area contributed by atoms with Crippen LogP contribution in [0.4, 0.5) is 0 Å². The van der Waals surface area contributed by atoms with Gasteiger partial charge >= 0.3 is 0 Å². The van der Waals surface area contributed by atoms with Crippen LogP contribution in [0.1, 0.15) is 23.6 Å². The number of nitrogens with one attached hydrogen (secondary N) is 1. The summed E-state index contributed by atoms with van der Waals surface area (Å²) in [5, 5.41) is 3.17. The number of ether oxygens (including phenoxy) is 1. The number of aryl methyl sites for hydroxylation is 2. The molecule has 2 aromatic carbocycles. The summed E-state index contributed by atoms with van der Waals surface area (Å²) >= 11 is 0. The van der Waals surface area contributed by atoms with Gasteiger partial charge in [-0.05, 0) is 61.3 Å². The van der Waals surface area contributed by atoms with Crippen molar-refractivity contribution in [1.82, 2.24) is 5.32 Å². The highest BCUT2D eigenvalue weighted by Crippen LogP contribution is 2.24. The van der Waals surface area contributed by atoms with Crippen LogP contribution in [0.15, 0.2) is 42.5 Å². The third kappa shape index (κ3) is 3.58. The zero-order valence-electron chi connectivity index (χ0n) is 11.9. The Hall–Kier alpha value is -1.80. The molecule has 1 N–H and O–H groups in total. The summed E-state index contributed by atoms with van der Waals surface area (Å²) < 4.78 is 5.91. The number of rotatable bonds is 5. The van der Waals surface area contributed by atoms with Crippen molar-refractivity contribution in [3.63, 3.8) is 0 Å². The van der Waals surface area contributed by atoms with Crippen molar-refractivity contribution in [2.24, 2.45) is 0 Å². The molecule has 0 unspecified atom stereocenters. The molecule has 0 spiro atoms. The van der Waals surface area contributed by atoms with Crippen molar-refractivity contribution in [1.29, 1.82) is 0 Å². The van der Waals surface area contributed by atoms with Crippen molar-refractivity contribution >= 4 is 0 Å². The minimum Gasteiger partial charge on any atom is -0.457 e. The Morgan fingerprint density at radius 3 is 2.53 bits per heavy atom. The first-order valence-electron chi connectivity index (χ1n) is 6.74. The summed E-state index contributed by atoms with van der Waals surface area (Å²) in [6.45, 7) is 5.15. The maximum Gasteiger partial charge on any atom is 0.127 e. The van der Waals surface area contributed by atoms with Crippen LogP contribution in [-0.4, -0.2) is 7.05 Å². The Morgan fingerprint density at radius 1 is 1.05 bits per heavy atom. The molecule has 0 fully saturated rings. The molecule has 0 bridgehead atoms. The van der Waals surface area contributed by atoms with E-state index < -0.39 is 0 Å². The Labute approximate surface area is 115 Å². The van der Waals surface area contributed by atoms with Gasteiger partial charge in [-0.25, -0.2) is 0 Å². The zero-order valence-corrected chi connectivity index (χ0v) is 11.9. The fourth-order valence-electron chi connectivity index (χ4n) is 2.09. The maximum atomic E-state index is 5.91. The quantitative estimate of drug-likeness (QED) is 0.869. The summed E-state index contributed by atoms with van der Waals surface area (Å²) in [5.74, 6) is 1.80. The second-order valence-electron chi connectivity index (χ2n) is 4.72. The van der Waals surface area contributed by atoms with Crippen molar-refractivity contribution in [3.05, 3.63) is 59.2 Å². The average molecular weight is 255 g/mol. The molecule has 0 saturated heterocycles. The molecule has 2 nitrogen and oxygen atoms in total. The SMILES string of the molecule is CCc1cccc(Oc2ccc(CNC)c(C)c2)c1. The van der Waals surface area contributed by atoms with Gasteiger partial charge in [-0.2, -0.15) is 0 Å². The van der Waals surface area contributed by atoms with Gasteiger partial charge in [0.1, 0.15) is 11.5 Å². The monoisotopic (exact) mass is 255 g/mol. The Kier molecular flexibility index (Phi) is 4.58. The van der Waals surface area contributed by atoms with E-state index in [1.54, 1.807) is 0 Å². The molecule has 2 aromatic rings. The van der Waals surface area contributed by atoms with E-state index in [2.05, 4.69) is 43.4 Å². The molecule has 0 amide bonds. The molecular formula is C17H21NO. The van der Waals surface area contributed by atoms with Gasteiger partial charge in [-0.15, -0.1) is 0 Å². The third-order valence-electron chi connectivity index (χ3n) is 3.22. The Morgan fingerprint density at radius 2 is 1.84 bits per heavy atom. The molecule has 0 aromatic heterocycles. The van der Waals surface area contributed by atoms with E-state index in [-0.39, 0.29) is 0 Å². The first-order chi connectivity index (χ1) is 9.22. The standard InChI is InChI=1S/C17H21NO/c1-4-14-6-5-7-16(11-14)19-17-9-8-15(12-18-3)13(2)10-17/h5-11,18H,4,12H2,1-3H3. The molecule has 19 heavy (non-hydrogen) atoms. The first kappa shape index (κ1) is 13.6. The van der Waals surface area contributed by atoms with Crippen LogP contribution in [-0.2, 0) is 13.0 Å². The normalized spacial score (nSPS) is 10.5. The Balaban J connectivity index is 2.16. The van der Waals surface area contributed by atoms with Gasteiger partial charge in [0.15, 0.2) is 0 Å². The minimum absolute atomic E-state index is 0.886. The van der Waals surface area contributed by atoms with Crippen molar-refractivity contribution in [2.75, 3.05) is 7.05 Å². The van der Waals surface area contributed by atoms with Gasteiger partial charge in [-0.3, -0.25) is 0 Å². The molecule has 0 aliphatic heterocycles. The summed E-state index contributed by atoms with van der Waals surface area (Å²) in [6.07, 6.45) is 1.03. The van der Waals surface area contributed by atoms with Gasteiger partial charge < -0.3 is 10.1 Å². The molecule has 0 atom stereocenters. The third-order valence-corrected chi connectivity index (χ3v) is 3.22. The van der Waals surface area contributed by atoms with Crippen LogP contribution in [0.3, 0.4) is 0 Å². The zero-order chi connectivity index (χ0) is 13.7. The molecule has 0 radical (unpaired) electrons. The second-order valence-corrected chi connectivity index (χ2v) is 4.72. The average Bonchev–Trinajstić information content (AvgIpc) is 2.42. The van der Waals surface area contributed by atoms with E-state index >= 15 is 0 Å². The molecule has 100 valence electrons.